The number of nitrogens with two attached hydrogens (primary N) is 2. The predicted octanol–water partition coefficient (Wildman–Crippen LogP) is -0.889. The first-order valence-electron chi connectivity index (χ1n) is 7.86. The molecule has 7 N–H and O–H groups in total. The summed E-state index contributed by atoms with van der Waals surface area (Å²) in [5.41, 5.74) is 11.6. The number of aliphatic hydroxyl groups excluding tert-OH is 1. The highest BCUT2D eigenvalue weighted by Gasteiger charge is 2.16. The van der Waals surface area contributed by atoms with Crippen LogP contribution in [0.3, 0.4) is 0 Å². The summed E-state index contributed by atoms with van der Waals surface area (Å²) in [5, 5.41) is 14.0. The molecule has 0 fully saturated rings. The number of aliphatic hydroxyl groups is 1. The molecule has 0 radical (unpaired) electrons. The molecule has 0 aromatic carbocycles. The van der Waals surface area contributed by atoms with E-state index in [2.05, 4.69) is 10.6 Å². The van der Waals surface area contributed by atoms with Crippen LogP contribution in [0.1, 0.15) is 32.1 Å². The molecule has 0 heterocycles. The minimum atomic E-state index is -0.618. The van der Waals surface area contributed by atoms with Crippen LogP contribution < -0.4 is 22.1 Å². The largest absolute Gasteiger partial charge is 0.396 e. The van der Waals surface area contributed by atoms with Crippen LogP contribution in [0.2, 0.25) is 0 Å². The highest BCUT2D eigenvalue weighted by molar-refractivity contribution is 7.93. The van der Waals surface area contributed by atoms with Gasteiger partial charge in [-0.2, -0.15) is 0 Å². The average molecular weight is 350 g/mol. The van der Waals surface area contributed by atoms with Gasteiger partial charge in [-0.1, -0.05) is 0 Å². The molecule has 0 aromatic rings. The highest BCUT2D eigenvalue weighted by atomic mass is 32.2. The van der Waals surface area contributed by atoms with Crippen LogP contribution in [0.25, 0.3) is 0 Å². The minimum Gasteiger partial charge on any atom is -0.396 e. The third-order valence-electron chi connectivity index (χ3n) is 3.16. The fraction of sp³-hybridized carbons (Fsp3) is 0.857. The van der Waals surface area contributed by atoms with Crippen molar-refractivity contribution in [2.45, 2.75) is 44.2 Å². The molecular formula is C14H30N4O4S. The van der Waals surface area contributed by atoms with E-state index in [9.17, 15) is 9.59 Å². The Morgan fingerprint density at radius 2 is 1.57 bits per heavy atom. The van der Waals surface area contributed by atoms with Crippen molar-refractivity contribution in [3.8, 4) is 0 Å². The van der Waals surface area contributed by atoms with Crippen LogP contribution in [0, 0.1) is 0 Å². The lowest BCUT2D eigenvalue weighted by atomic mass is 10.1. The Bertz CT molecular complexity index is 334. The first-order valence-corrected chi connectivity index (χ1v) is 9.01. The Morgan fingerprint density at radius 1 is 1.04 bits per heavy atom. The monoisotopic (exact) mass is 350 g/mol. The van der Waals surface area contributed by atoms with E-state index in [1.165, 1.54) is 12.0 Å². The summed E-state index contributed by atoms with van der Waals surface area (Å²) in [6.45, 7) is 1.55. The van der Waals surface area contributed by atoms with E-state index in [0.29, 0.717) is 45.4 Å². The van der Waals surface area contributed by atoms with Crippen molar-refractivity contribution in [3.05, 3.63) is 0 Å². The van der Waals surface area contributed by atoms with Crippen LogP contribution in [0.5, 0.6) is 0 Å². The SMILES string of the molecule is CSOCCCNC(=O)C(N)CCCC(N)C(=O)NCCCO. The second-order valence-electron chi connectivity index (χ2n) is 5.15. The van der Waals surface area contributed by atoms with Gasteiger partial charge in [0, 0.05) is 26.0 Å². The van der Waals surface area contributed by atoms with Crippen molar-refractivity contribution in [2.75, 3.05) is 32.6 Å². The van der Waals surface area contributed by atoms with Crippen molar-refractivity contribution >= 4 is 23.9 Å². The van der Waals surface area contributed by atoms with E-state index < -0.39 is 12.1 Å². The van der Waals surface area contributed by atoms with Crippen molar-refractivity contribution < 1.29 is 18.9 Å². The topological polar surface area (TPSA) is 140 Å². The van der Waals surface area contributed by atoms with Crippen molar-refractivity contribution in [2.24, 2.45) is 11.5 Å². The summed E-state index contributed by atoms with van der Waals surface area (Å²) >= 11 is 1.29. The number of hydrogen-bond donors (Lipinski definition) is 5. The molecule has 0 saturated carbocycles. The molecule has 8 nitrogen and oxygen atoms in total. The van der Waals surface area contributed by atoms with Gasteiger partial charge in [-0.25, -0.2) is 0 Å². The summed E-state index contributed by atoms with van der Waals surface area (Å²) in [4.78, 5) is 23.4. The Kier molecular flexibility index (Phi) is 14.1. The molecule has 0 aliphatic heterocycles. The quantitative estimate of drug-likeness (QED) is 0.202. The molecule has 2 amide bonds. The first kappa shape index (κ1) is 22.1. The average Bonchev–Trinajstić information content (AvgIpc) is 2.54. The van der Waals surface area contributed by atoms with Crippen molar-refractivity contribution in [3.63, 3.8) is 0 Å². The molecule has 2 atom stereocenters. The second kappa shape index (κ2) is 14.7. The smallest absolute Gasteiger partial charge is 0.236 e. The zero-order valence-electron chi connectivity index (χ0n) is 13.8. The van der Waals surface area contributed by atoms with E-state index in [1.807, 2.05) is 6.26 Å². The highest BCUT2D eigenvalue weighted by Crippen LogP contribution is 2.03. The normalized spacial score (nSPS) is 13.4. The van der Waals surface area contributed by atoms with Crippen LogP contribution in [-0.4, -0.2) is 61.6 Å². The molecule has 9 heteroatoms. The van der Waals surface area contributed by atoms with Gasteiger partial charge in [0.25, 0.3) is 0 Å². The van der Waals surface area contributed by atoms with Gasteiger partial charge in [0.1, 0.15) is 0 Å². The number of hydrogen-bond acceptors (Lipinski definition) is 7. The van der Waals surface area contributed by atoms with Crippen LogP contribution in [0.15, 0.2) is 0 Å². The summed E-state index contributed by atoms with van der Waals surface area (Å²) in [6, 6.07) is -1.21. The fourth-order valence-electron chi connectivity index (χ4n) is 1.80. The zero-order valence-corrected chi connectivity index (χ0v) is 14.6. The lowest BCUT2D eigenvalue weighted by molar-refractivity contribution is -0.122. The van der Waals surface area contributed by atoms with E-state index in [1.54, 1.807) is 0 Å². The van der Waals surface area contributed by atoms with Gasteiger partial charge in [-0.3, -0.25) is 9.59 Å². The molecule has 0 aromatic heterocycles. The molecular weight excluding hydrogens is 320 g/mol. The Morgan fingerprint density at radius 3 is 2.04 bits per heavy atom. The molecule has 2 unspecified atom stereocenters. The van der Waals surface area contributed by atoms with Gasteiger partial charge < -0.3 is 31.4 Å². The van der Waals surface area contributed by atoms with Crippen LogP contribution in [0.4, 0.5) is 0 Å². The number of amides is 2. The molecule has 0 bridgehead atoms. The number of carbonyl (C=O) groups is 2. The molecule has 0 spiro atoms. The maximum Gasteiger partial charge on any atom is 0.236 e. The third kappa shape index (κ3) is 12.2. The maximum absolute atomic E-state index is 11.7. The molecule has 0 rings (SSSR count). The van der Waals surface area contributed by atoms with Gasteiger partial charge in [0.05, 0.1) is 18.7 Å². The molecule has 0 aliphatic rings. The van der Waals surface area contributed by atoms with E-state index in [-0.39, 0.29) is 18.4 Å². The number of rotatable bonds is 14. The predicted molar refractivity (Wildman–Crippen MR) is 91.6 cm³/mol. The van der Waals surface area contributed by atoms with Crippen LogP contribution >= 0.6 is 12.0 Å². The fourth-order valence-corrected chi connectivity index (χ4v) is 2.08. The molecule has 0 saturated heterocycles. The minimum absolute atomic E-state index is 0.0306. The molecule has 23 heavy (non-hydrogen) atoms. The maximum atomic E-state index is 11.7. The van der Waals surface area contributed by atoms with Gasteiger partial charge in [-0.15, -0.1) is 0 Å². The molecule has 136 valence electrons. The molecule has 0 aliphatic carbocycles. The summed E-state index contributed by atoms with van der Waals surface area (Å²) in [5.74, 6) is -0.444. The van der Waals surface area contributed by atoms with Gasteiger partial charge >= 0.3 is 0 Å². The van der Waals surface area contributed by atoms with Crippen LogP contribution in [-0.2, 0) is 13.8 Å². The Labute approximate surface area is 142 Å². The zero-order chi connectivity index (χ0) is 17.5. The van der Waals surface area contributed by atoms with E-state index in [0.717, 1.165) is 6.42 Å². The standard InChI is InChI=1S/C14H30N4O4S/c1-23-22-10-4-8-18-14(21)12(16)6-2-5-11(15)13(20)17-7-3-9-19/h11-12,19H,2-10,15-16H2,1H3,(H,17,20)(H,18,21). The first-order chi connectivity index (χ1) is 11.0. The Balaban J connectivity index is 3.72. The number of carbonyl (C=O) groups excluding carboxylic acids is 2. The van der Waals surface area contributed by atoms with E-state index in [4.69, 9.17) is 20.8 Å². The van der Waals surface area contributed by atoms with Crippen molar-refractivity contribution in [1.82, 2.24) is 10.6 Å². The summed E-state index contributed by atoms with van der Waals surface area (Å²) in [7, 11) is 0. The van der Waals surface area contributed by atoms with Crippen molar-refractivity contribution in [1.29, 1.82) is 0 Å². The lowest BCUT2D eigenvalue weighted by Gasteiger charge is -2.14. The van der Waals surface area contributed by atoms with Gasteiger partial charge in [0.15, 0.2) is 0 Å². The number of nitrogens with one attached hydrogen (secondary N) is 2. The second-order valence-corrected chi connectivity index (χ2v) is 5.71. The van der Waals surface area contributed by atoms with Gasteiger partial charge in [-0.05, 0) is 44.1 Å². The van der Waals surface area contributed by atoms with E-state index >= 15 is 0 Å². The Hall–Kier alpha value is -0.870. The van der Waals surface area contributed by atoms with Gasteiger partial charge in [0.2, 0.25) is 11.8 Å². The summed E-state index contributed by atoms with van der Waals surface area (Å²) in [6.07, 6.45) is 4.62. The lowest BCUT2D eigenvalue weighted by Crippen LogP contribution is -2.43. The summed E-state index contributed by atoms with van der Waals surface area (Å²) < 4.78 is 5.09. The third-order valence-corrected chi connectivity index (χ3v) is 3.56.